The van der Waals surface area contributed by atoms with Gasteiger partial charge in [-0.3, -0.25) is 0 Å². The van der Waals surface area contributed by atoms with E-state index in [0.29, 0.717) is 17.7 Å². The van der Waals surface area contributed by atoms with Crippen molar-refractivity contribution >= 4 is 5.69 Å². The predicted octanol–water partition coefficient (Wildman–Crippen LogP) is 1.52. The second kappa shape index (κ2) is 5.15. The van der Waals surface area contributed by atoms with Gasteiger partial charge in [0.1, 0.15) is 11.8 Å². The molecule has 0 aromatic carbocycles. The van der Waals surface area contributed by atoms with Crippen molar-refractivity contribution in [3.63, 3.8) is 0 Å². The number of hydrogen-bond acceptors (Lipinski definition) is 4. The quantitative estimate of drug-likeness (QED) is 0.836. The first-order valence-electron chi connectivity index (χ1n) is 6.07. The summed E-state index contributed by atoms with van der Waals surface area (Å²) in [6.45, 7) is 3.94. The van der Waals surface area contributed by atoms with Crippen molar-refractivity contribution in [1.29, 1.82) is 5.26 Å². The molecule has 0 aliphatic carbocycles. The van der Waals surface area contributed by atoms with Crippen LogP contribution in [0.3, 0.4) is 0 Å². The van der Waals surface area contributed by atoms with Crippen LogP contribution in [-0.4, -0.2) is 24.1 Å². The van der Waals surface area contributed by atoms with E-state index >= 15 is 0 Å². The molecule has 2 N–H and O–H groups in total. The maximum absolute atomic E-state index is 8.87. The van der Waals surface area contributed by atoms with Gasteiger partial charge in [0.15, 0.2) is 0 Å². The van der Waals surface area contributed by atoms with Gasteiger partial charge in [0.2, 0.25) is 0 Å². The molecule has 1 fully saturated rings. The molecular weight excluding hydrogens is 212 g/mol. The molecule has 17 heavy (non-hydrogen) atoms. The van der Waals surface area contributed by atoms with Crippen molar-refractivity contribution in [2.24, 2.45) is 11.7 Å². The number of nitrogens with zero attached hydrogens (tertiary/aromatic N) is 3. The molecular formula is C13H18N4. The Hall–Kier alpha value is -1.60. The molecule has 0 spiro atoms. The first-order chi connectivity index (χ1) is 8.24. The second-order valence-electron chi connectivity index (χ2n) is 4.69. The highest BCUT2D eigenvalue weighted by atomic mass is 15.2. The van der Waals surface area contributed by atoms with Gasteiger partial charge in [0.25, 0.3) is 0 Å². The summed E-state index contributed by atoms with van der Waals surface area (Å²) in [5.41, 5.74) is 7.32. The van der Waals surface area contributed by atoms with Crippen molar-refractivity contribution in [2.45, 2.75) is 25.8 Å². The Labute approximate surface area is 102 Å². The minimum atomic E-state index is 0.476. The molecule has 90 valence electrons. The standard InChI is InChI=1S/C13H18N4/c1-10-2-3-11(7-14)9-17(10)13-4-5-16-12(6-13)8-15/h4-6,10-11H,2-3,7,9,14H2,1H3. The Morgan fingerprint density at radius 2 is 2.41 bits per heavy atom. The summed E-state index contributed by atoms with van der Waals surface area (Å²) in [5.74, 6) is 0.560. The maximum Gasteiger partial charge on any atom is 0.142 e. The summed E-state index contributed by atoms with van der Waals surface area (Å²) in [7, 11) is 0. The molecule has 1 aromatic rings. The van der Waals surface area contributed by atoms with Crippen LogP contribution in [0.5, 0.6) is 0 Å². The van der Waals surface area contributed by atoms with Gasteiger partial charge in [0.05, 0.1) is 0 Å². The summed E-state index contributed by atoms with van der Waals surface area (Å²) in [6, 6.07) is 6.42. The number of hydrogen-bond donors (Lipinski definition) is 1. The minimum Gasteiger partial charge on any atom is -0.368 e. The molecule has 4 nitrogen and oxygen atoms in total. The number of anilines is 1. The van der Waals surface area contributed by atoms with Crippen LogP contribution in [0.4, 0.5) is 5.69 Å². The normalized spacial score (nSPS) is 24.4. The van der Waals surface area contributed by atoms with E-state index in [1.54, 1.807) is 6.20 Å². The van der Waals surface area contributed by atoms with Crippen molar-refractivity contribution in [2.75, 3.05) is 18.0 Å². The van der Waals surface area contributed by atoms with Crippen LogP contribution in [0.1, 0.15) is 25.5 Å². The number of rotatable bonds is 2. The van der Waals surface area contributed by atoms with Crippen molar-refractivity contribution in [3.05, 3.63) is 24.0 Å². The molecule has 2 unspecified atom stereocenters. The van der Waals surface area contributed by atoms with Crippen LogP contribution in [0, 0.1) is 17.2 Å². The SMILES string of the molecule is CC1CCC(CN)CN1c1ccnc(C#N)c1. The first-order valence-corrected chi connectivity index (χ1v) is 6.07. The predicted molar refractivity (Wildman–Crippen MR) is 67.5 cm³/mol. The average Bonchev–Trinajstić information content (AvgIpc) is 2.39. The van der Waals surface area contributed by atoms with E-state index in [2.05, 4.69) is 22.9 Å². The molecule has 1 saturated heterocycles. The summed E-state index contributed by atoms with van der Waals surface area (Å²) in [4.78, 5) is 6.34. The highest BCUT2D eigenvalue weighted by Crippen LogP contribution is 2.27. The molecule has 4 heteroatoms. The third kappa shape index (κ3) is 2.56. The number of piperidine rings is 1. The fourth-order valence-electron chi connectivity index (χ4n) is 2.39. The smallest absolute Gasteiger partial charge is 0.142 e. The monoisotopic (exact) mass is 230 g/mol. The van der Waals surface area contributed by atoms with E-state index in [4.69, 9.17) is 11.0 Å². The molecule has 0 radical (unpaired) electrons. The lowest BCUT2D eigenvalue weighted by molar-refractivity contribution is 0.374. The molecule has 2 rings (SSSR count). The molecule has 2 heterocycles. The fraction of sp³-hybridized carbons (Fsp3) is 0.538. The summed E-state index contributed by atoms with van der Waals surface area (Å²) >= 11 is 0. The van der Waals surface area contributed by atoms with Gasteiger partial charge < -0.3 is 10.6 Å². The molecule has 2 atom stereocenters. The zero-order valence-corrected chi connectivity index (χ0v) is 10.1. The van der Waals surface area contributed by atoms with E-state index in [9.17, 15) is 0 Å². The van der Waals surface area contributed by atoms with Crippen molar-refractivity contribution in [1.82, 2.24) is 4.98 Å². The minimum absolute atomic E-state index is 0.476. The Morgan fingerprint density at radius 3 is 3.12 bits per heavy atom. The summed E-state index contributed by atoms with van der Waals surface area (Å²) in [5, 5.41) is 8.87. The first kappa shape index (κ1) is 11.9. The summed E-state index contributed by atoms with van der Waals surface area (Å²) < 4.78 is 0. The molecule has 0 amide bonds. The van der Waals surface area contributed by atoms with Crippen LogP contribution in [0.25, 0.3) is 0 Å². The maximum atomic E-state index is 8.87. The van der Waals surface area contributed by atoms with Gasteiger partial charge in [-0.25, -0.2) is 4.98 Å². The Kier molecular flexibility index (Phi) is 3.60. The Balaban J connectivity index is 2.21. The molecule has 0 bridgehead atoms. The van der Waals surface area contributed by atoms with Gasteiger partial charge in [0, 0.05) is 24.5 Å². The van der Waals surface area contributed by atoms with Gasteiger partial charge in [-0.15, -0.1) is 0 Å². The van der Waals surface area contributed by atoms with Gasteiger partial charge in [-0.1, -0.05) is 0 Å². The van der Waals surface area contributed by atoms with E-state index < -0.39 is 0 Å². The van der Waals surface area contributed by atoms with Crippen LogP contribution in [0.15, 0.2) is 18.3 Å². The van der Waals surface area contributed by atoms with E-state index in [-0.39, 0.29) is 0 Å². The molecule has 1 aliphatic heterocycles. The van der Waals surface area contributed by atoms with Crippen LogP contribution in [-0.2, 0) is 0 Å². The van der Waals surface area contributed by atoms with Crippen molar-refractivity contribution < 1.29 is 0 Å². The zero-order valence-electron chi connectivity index (χ0n) is 10.1. The van der Waals surface area contributed by atoms with Gasteiger partial charge >= 0.3 is 0 Å². The number of nitrogens with two attached hydrogens (primary N) is 1. The van der Waals surface area contributed by atoms with E-state index in [1.165, 1.54) is 6.42 Å². The Morgan fingerprint density at radius 1 is 1.59 bits per heavy atom. The van der Waals surface area contributed by atoms with Crippen molar-refractivity contribution in [3.8, 4) is 6.07 Å². The van der Waals surface area contributed by atoms with E-state index in [0.717, 1.165) is 25.2 Å². The van der Waals surface area contributed by atoms with Crippen LogP contribution < -0.4 is 10.6 Å². The van der Waals surface area contributed by atoms with Gasteiger partial charge in [-0.05, 0) is 44.4 Å². The van der Waals surface area contributed by atoms with Crippen LogP contribution in [0.2, 0.25) is 0 Å². The highest BCUT2D eigenvalue weighted by molar-refractivity contribution is 5.50. The number of pyridine rings is 1. The fourth-order valence-corrected chi connectivity index (χ4v) is 2.39. The highest BCUT2D eigenvalue weighted by Gasteiger charge is 2.24. The lowest BCUT2D eigenvalue weighted by Crippen LogP contribution is -2.44. The second-order valence-corrected chi connectivity index (χ2v) is 4.69. The Bertz CT molecular complexity index is 424. The molecule has 0 saturated carbocycles. The average molecular weight is 230 g/mol. The third-order valence-electron chi connectivity index (χ3n) is 3.50. The lowest BCUT2D eigenvalue weighted by atomic mass is 9.93. The third-order valence-corrected chi connectivity index (χ3v) is 3.50. The lowest BCUT2D eigenvalue weighted by Gasteiger charge is -2.39. The molecule has 1 aromatic heterocycles. The number of nitriles is 1. The number of aromatic nitrogens is 1. The van der Waals surface area contributed by atoms with E-state index in [1.807, 2.05) is 12.1 Å². The summed E-state index contributed by atoms with van der Waals surface area (Å²) in [6.07, 6.45) is 4.06. The zero-order chi connectivity index (χ0) is 12.3. The molecule has 1 aliphatic rings. The largest absolute Gasteiger partial charge is 0.368 e. The van der Waals surface area contributed by atoms with Crippen LogP contribution >= 0.6 is 0 Å². The van der Waals surface area contributed by atoms with Gasteiger partial charge in [-0.2, -0.15) is 5.26 Å². The topological polar surface area (TPSA) is 65.9 Å².